The number of pyridine rings is 2. The first kappa shape index (κ1) is 32.3. The van der Waals surface area contributed by atoms with E-state index >= 15 is 0 Å². The van der Waals surface area contributed by atoms with Gasteiger partial charge in [0.25, 0.3) is 28.8 Å². The zero-order chi connectivity index (χ0) is 31.8. The molecule has 2 heterocycles. The Morgan fingerprint density at radius 1 is 0.767 bits per heavy atom. The maximum atomic E-state index is 12.6. The van der Waals surface area contributed by atoms with Gasteiger partial charge in [-0.2, -0.15) is 0 Å². The molecule has 1 atom stereocenters. The second-order valence-corrected chi connectivity index (χ2v) is 9.87. The Labute approximate surface area is 245 Å². The van der Waals surface area contributed by atoms with Crippen LogP contribution in [0.15, 0.2) is 57.6 Å². The van der Waals surface area contributed by atoms with E-state index in [0.29, 0.717) is 0 Å². The van der Waals surface area contributed by atoms with Gasteiger partial charge in [-0.15, -0.1) is 0 Å². The Hall–Kier alpha value is -5.18. The second-order valence-electron chi connectivity index (χ2n) is 9.87. The quantitative estimate of drug-likeness (QED) is 0.169. The molecule has 1 unspecified atom stereocenters. The lowest BCUT2D eigenvalue weighted by Gasteiger charge is -2.23. The first-order chi connectivity index (χ1) is 20.3. The van der Waals surface area contributed by atoms with Crippen molar-refractivity contribution >= 4 is 23.5 Å². The van der Waals surface area contributed by atoms with Crippen LogP contribution >= 0.6 is 0 Å². The van der Waals surface area contributed by atoms with Gasteiger partial charge >= 0.3 is 0 Å². The number of Topliss-reactive ketones (excluding diaryl/α,β-unsaturated/α-hetero) is 1. The maximum Gasteiger partial charge on any atom is 0.293 e. The van der Waals surface area contributed by atoms with Crippen LogP contribution in [0.4, 0.5) is 0 Å². The van der Waals surface area contributed by atoms with Gasteiger partial charge in [0.1, 0.15) is 0 Å². The van der Waals surface area contributed by atoms with Crippen molar-refractivity contribution < 1.29 is 34.5 Å². The Bertz CT molecular complexity index is 1520. The highest BCUT2D eigenvalue weighted by Crippen LogP contribution is 2.18. The molecular weight excluding hydrogens is 564 g/mol. The van der Waals surface area contributed by atoms with Crippen LogP contribution < -0.4 is 27.1 Å². The Morgan fingerprint density at radius 3 is 1.63 bits per heavy atom. The third-order valence-corrected chi connectivity index (χ3v) is 6.81. The fourth-order valence-corrected chi connectivity index (χ4v) is 4.14. The van der Waals surface area contributed by atoms with Crippen molar-refractivity contribution in [2.24, 2.45) is 20.0 Å². The third kappa shape index (κ3) is 7.77. The van der Waals surface area contributed by atoms with Crippen molar-refractivity contribution in [1.82, 2.24) is 30.0 Å². The molecule has 15 nitrogen and oxygen atoms in total. The number of allylic oxidation sites excluding steroid dienone is 2. The highest BCUT2D eigenvalue weighted by Gasteiger charge is 2.26. The lowest BCUT2D eigenvalue weighted by molar-refractivity contribution is -0.122. The molecule has 0 radical (unpaired) electrons. The van der Waals surface area contributed by atoms with Crippen LogP contribution in [-0.4, -0.2) is 92.1 Å². The Kier molecular flexibility index (Phi) is 10.6. The topological polar surface area (TPSA) is 212 Å². The van der Waals surface area contributed by atoms with E-state index in [4.69, 9.17) is 0 Å². The highest BCUT2D eigenvalue weighted by atomic mass is 16.3. The van der Waals surface area contributed by atoms with E-state index in [1.54, 1.807) is 11.8 Å². The number of hydrogen-bond acceptors (Lipinski definition) is 10. The summed E-state index contributed by atoms with van der Waals surface area (Å²) in [4.78, 5) is 75.3. The van der Waals surface area contributed by atoms with Crippen molar-refractivity contribution in [2.75, 3.05) is 39.3 Å². The number of carbonyl (C=O) groups is 4. The molecular formula is C28H34N6O9. The number of nitrogens with zero attached hydrogens (tertiary/aromatic N) is 3. The molecule has 2 aromatic rings. The summed E-state index contributed by atoms with van der Waals surface area (Å²) in [6.45, 7) is 2.43. The summed E-state index contributed by atoms with van der Waals surface area (Å²) in [6.07, 6.45) is 5.57. The SMILES string of the molecule is CC1C=CC(C(=O)NCCN(CCNC(=O)c2ccn(C)c(=O)c2O)CCNC(=O)c2ccn(C)c(=O)c2O)=C(O)C1=O. The molecule has 6 N–H and O–H groups in total. The Balaban J connectivity index is 1.62. The van der Waals surface area contributed by atoms with Crippen LogP contribution in [0.5, 0.6) is 11.5 Å². The van der Waals surface area contributed by atoms with E-state index in [0.717, 1.165) is 9.13 Å². The smallest absolute Gasteiger partial charge is 0.293 e. The monoisotopic (exact) mass is 598 g/mol. The van der Waals surface area contributed by atoms with Gasteiger partial charge in [0.15, 0.2) is 17.3 Å². The minimum absolute atomic E-state index is 0.0615. The number of rotatable bonds is 12. The zero-order valence-electron chi connectivity index (χ0n) is 23.9. The van der Waals surface area contributed by atoms with Crippen LogP contribution in [0.2, 0.25) is 0 Å². The lowest BCUT2D eigenvalue weighted by Crippen LogP contribution is -2.43. The van der Waals surface area contributed by atoms with E-state index in [9.17, 15) is 44.1 Å². The third-order valence-electron chi connectivity index (χ3n) is 6.81. The predicted molar refractivity (Wildman–Crippen MR) is 154 cm³/mol. The van der Waals surface area contributed by atoms with Crippen LogP contribution in [0.1, 0.15) is 27.6 Å². The number of amides is 3. The molecule has 0 spiro atoms. The fourth-order valence-electron chi connectivity index (χ4n) is 4.14. The van der Waals surface area contributed by atoms with Gasteiger partial charge in [0, 0.05) is 71.7 Å². The summed E-state index contributed by atoms with van der Waals surface area (Å²) in [5.74, 6) is -5.11. The van der Waals surface area contributed by atoms with E-state index in [1.165, 1.54) is 50.8 Å². The molecule has 0 fully saturated rings. The van der Waals surface area contributed by atoms with Crippen LogP contribution in [0.3, 0.4) is 0 Å². The normalized spacial score (nSPS) is 14.6. The van der Waals surface area contributed by atoms with Gasteiger partial charge < -0.3 is 40.4 Å². The summed E-state index contributed by atoms with van der Waals surface area (Å²) < 4.78 is 2.25. The average molecular weight is 599 g/mol. The largest absolute Gasteiger partial charge is 0.504 e. The zero-order valence-corrected chi connectivity index (χ0v) is 23.9. The van der Waals surface area contributed by atoms with Crippen molar-refractivity contribution in [2.45, 2.75) is 6.92 Å². The van der Waals surface area contributed by atoms with Crippen LogP contribution in [-0.2, 0) is 23.7 Å². The molecule has 0 saturated heterocycles. The predicted octanol–water partition coefficient (Wildman–Crippen LogP) is -1.34. The van der Waals surface area contributed by atoms with Crippen LogP contribution in [0, 0.1) is 5.92 Å². The van der Waals surface area contributed by atoms with Gasteiger partial charge in [-0.3, -0.25) is 33.7 Å². The summed E-state index contributed by atoms with van der Waals surface area (Å²) >= 11 is 0. The van der Waals surface area contributed by atoms with Gasteiger partial charge in [0.05, 0.1) is 16.7 Å². The minimum atomic E-state index is -0.729. The molecule has 1 aliphatic rings. The summed E-state index contributed by atoms with van der Waals surface area (Å²) in [5, 5.41) is 37.9. The van der Waals surface area contributed by atoms with Gasteiger partial charge in [0.2, 0.25) is 5.78 Å². The lowest BCUT2D eigenvalue weighted by atomic mass is 9.95. The molecule has 2 aromatic heterocycles. The first-order valence-corrected chi connectivity index (χ1v) is 13.3. The number of hydrogen-bond donors (Lipinski definition) is 6. The number of aliphatic hydroxyl groups is 1. The number of aryl methyl sites for hydroxylation is 2. The van der Waals surface area contributed by atoms with E-state index in [2.05, 4.69) is 16.0 Å². The minimum Gasteiger partial charge on any atom is -0.504 e. The van der Waals surface area contributed by atoms with Crippen molar-refractivity contribution in [3.05, 3.63) is 79.8 Å². The molecule has 43 heavy (non-hydrogen) atoms. The van der Waals surface area contributed by atoms with E-state index < -0.39 is 57.8 Å². The van der Waals surface area contributed by atoms with E-state index in [1.807, 2.05) is 0 Å². The number of carbonyl (C=O) groups excluding carboxylic acids is 4. The van der Waals surface area contributed by atoms with Crippen molar-refractivity contribution in [3.8, 4) is 11.5 Å². The van der Waals surface area contributed by atoms with Gasteiger partial charge in [-0.05, 0) is 18.2 Å². The van der Waals surface area contributed by atoms with Gasteiger partial charge in [-0.1, -0.05) is 13.0 Å². The fraction of sp³-hybridized carbons (Fsp3) is 0.357. The molecule has 15 heteroatoms. The number of aliphatic hydroxyl groups excluding tert-OH is 1. The second kappa shape index (κ2) is 14.1. The molecule has 230 valence electrons. The number of nitrogens with one attached hydrogen (secondary N) is 3. The highest BCUT2D eigenvalue weighted by molar-refractivity contribution is 6.08. The van der Waals surface area contributed by atoms with E-state index in [-0.39, 0.29) is 56.0 Å². The van der Waals surface area contributed by atoms with Crippen LogP contribution in [0.25, 0.3) is 0 Å². The maximum absolute atomic E-state index is 12.6. The molecule has 1 aliphatic carbocycles. The van der Waals surface area contributed by atoms with Gasteiger partial charge in [-0.25, -0.2) is 0 Å². The molecule has 3 rings (SSSR count). The molecule has 0 aromatic carbocycles. The molecule has 0 saturated carbocycles. The molecule has 3 amide bonds. The number of aromatic nitrogens is 2. The number of ketones is 1. The molecule has 0 bridgehead atoms. The summed E-state index contributed by atoms with van der Waals surface area (Å²) in [7, 11) is 2.86. The first-order valence-electron chi connectivity index (χ1n) is 13.3. The standard InChI is InChI=1S/C28H34N6O9/c1-16-4-5-17(21(36)20(16)35)24(39)29-8-13-34(14-9-30-25(40)18-6-11-32(2)27(42)22(18)37)15-10-31-26(41)19-7-12-33(3)28(43)23(19)38/h4-7,11-12,16,36-38H,8-10,13-15H2,1-3H3,(H,29,39)(H,30,40)(H,31,41). The summed E-state index contributed by atoms with van der Waals surface area (Å²) in [6, 6.07) is 2.60. The average Bonchev–Trinajstić information content (AvgIpc) is 2.97. The summed E-state index contributed by atoms with van der Waals surface area (Å²) in [5.41, 5.74) is -2.00. The van der Waals surface area contributed by atoms with Crippen molar-refractivity contribution in [1.29, 1.82) is 0 Å². The Morgan fingerprint density at radius 2 is 1.19 bits per heavy atom. The number of aromatic hydroxyl groups is 2. The molecule has 0 aliphatic heterocycles. The van der Waals surface area contributed by atoms with Crippen molar-refractivity contribution in [3.63, 3.8) is 0 Å².